The van der Waals surface area contributed by atoms with E-state index < -0.39 is 61.0 Å². The Bertz CT molecular complexity index is 1060. The molecule has 3 N–H and O–H groups in total. The lowest BCUT2D eigenvalue weighted by atomic mass is 9.84. The number of nitrogens with zero attached hydrogens (tertiary/aromatic N) is 9. The van der Waals surface area contributed by atoms with E-state index in [1.54, 1.807) is 6.92 Å². The van der Waals surface area contributed by atoms with Gasteiger partial charge in [0, 0.05) is 14.7 Å². The molecule has 1 heterocycles. The average molecular weight is 517 g/mol. The summed E-state index contributed by atoms with van der Waals surface area (Å²) in [4.78, 5) is 20.5. The molecule has 0 spiro atoms. The summed E-state index contributed by atoms with van der Waals surface area (Å²) < 4.78 is 17.2. The number of carbonyl (C=O) groups is 1. The van der Waals surface area contributed by atoms with Gasteiger partial charge in [0.2, 0.25) is 0 Å². The molecule has 16 nitrogen and oxygen atoms in total. The maximum Gasteiger partial charge on any atom is 0.407 e. The summed E-state index contributed by atoms with van der Waals surface area (Å²) in [6, 6.07) is 5.83. The molecule has 0 radical (unpaired) electrons. The van der Waals surface area contributed by atoms with Crippen molar-refractivity contribution in [2.24, 2.45) is 15.3 Å². The highest BCUT2D eigenvalue weighted by molar-refractivity contribution is 5.67. The van der Waals surface area contributed by atoms with Crippen molar-refractivity contribution in [3.63, 3.8) is 0 Å². The number of azide groups is 3. The second-order valence-corrected chi connectivity index (χ2v) is 8.75. The van der Waals surface area contributed by atoms with E-state index in [1.807, 2.05) is 30.3 Å². The number of alkyl carbamates (subject to hydrolysis) is 1. The van der Waals surface area contributed by atoms with Crippen molar-refractivity contribution in [3.05, 3.63) is 67.2 Å². The van der Waals surface area contributed by atoms with E-state index >= 15 is 0 Å². The highest BCUT2D eigenvalue weighted by atomic mass is 16.7. The highest BCUT2D eigenvalue weighted by Crippen LogP contribution is 2.32. The maximum atomic E-state index is 12.3. The van der Waals surface area contributed by atoms with Crippen molar-refractivity contribution in [1.82, 2.24) is 5.32 Å². The summed E-state index contributed by atoms with van der Waals surface area (Å²) in [6.45, 7) is 1.81. The van der Waals surface area contributed by atoms with Crippen LogP contribution in [0.4, 0.5) is 4.79 Å². The number of aliphatic hydroxyl groups is 2. The molecule has 0 unspecified atom stereocenters. The van der Waals surface area contributed by atoms with E-state index in [2.05, 4.69) is 35.4 Å². The van der Waals surface area contributed by atoms with Gasteiger partial charge >= 0.3 is 6.09 Å². The zero-order valence-electron chi connectivity index (χ0n) is 20.0. The Kier molecular flexibility index (Phi) is 10.2. The van der Waals surface area contributed by atoms with Crippen molar-refractivity contribution in [3.8, 4) is 0 Å². The summed E-state index contributed by atoms with van der Waals surface area (Å²) in [5.41, 5.74) is 27.5. The fourth-order valence-electron chi connectivity index (χ4n) is 4.37. The molecule has 198 valence electrons. The SMILES string of the molecule is C[C@@H](NC(=O)OCc1ccccc1)[C@@H]1CC[C@H](N=[N+]=[N-])[C@@H](O[C@H]2[C@H](O)[C@@H](O)[C@H](N=[N+]=[N-])C[C@@H]2N=[N+]=[N-])O1. The van der Waals surface area contributed by atoms with E-state index in [4.69, 9.17) is 30.8 Å². The Balaban J connectivity index is 1.67. The lowest BCUT2D eigenvalue weighted by Gasteiger charge is -2.43. The van der Waals surface area contributed by atoms with Crippen molar-refractivity contribution < 1.29 is 29.2 Å². The summed E-state index contributed by atoms with van der Waals surface area (Å²) in [7, 11) is 0. The van der Waals surface area contributed by atoms with Crippen LogP contribution in [0.3, 0.4) is 0 Å². The molecule has 1 amide bonds. The minimum absolute atomic E-state index is 0.0788. The summed E-state index contributed by atoms with van der Waals surface area (Å²) in [5.74, 6) is 0. The van der Waals surface area contributed by atoms with Gasteiger partial charge in [-0.15, -0.1) is 0 Å². The predicted octanol–water partition coefficient (Wildman–Crippen LogP) is 3.35. The monoisotopic (exact) mass is 516 g/mol. The normalized spacial score (nSPS) is 32.0. The van der Waals surface area contributed by atoms with Gasteiger partial charge in [0.15, 0.2) is 6.29 Å². The Morgan fingerprint density at radius 1 is 1.05 bits per heavy atom. The van der Waals surface area contributed by atoms with Gasteiger partial charge in [0.25, 0.3) is 0 Å². The molecule has 16 heteroatoms. The number of amides is 1. The minimum Gasteiger partial charge on any atom is -0.445 e. The van der Waals surface area contributed by atoms with Crippen LogP contribution < -0.4 is 5.32 Å². The van der Waals surface area contributed by atoms with E-state index in [1.165, 1.54) is 0 Å². The number of benzene rings is 1. The van der Waals surface area contributed by atoms with Crippen molar-refractivity contribution in [1.29, 1.82) is 0 Å². The second-order valence-electron chi connectivity index (χ2n) is 8.75. The number of carbonyl (C=O) groups excluding carboxylic acids is 1. The lowest BCUT2D eigenvalue weighted by molar-refractivity contribution is -0.255. The highest BCUT2D eigenvalue weighted by Gasteiger charge is 2.46. The molecule has 1 aromatic carbocycles. The van der Waals surface area contributed by atoms with Gasteiger partial charge in [0.1, 0.15) is 12.7 Å². The molecular weight excluding hydrogens is 488 g/mol. The van der Waals surface area contributed by atoms with Crippen LogP contribution in [0.2, 0.25) is 0 Å². The molecule has 0 bridgehead atoms. The van der Waals surface area contributed by atoms with Gasteiger partial charge in [-0.05, 0) is 48.3 Å². The number of rotatable bonds is 9. The van der Waals surface area contributed by atoms with Gasteiger partial charge in [-0.3, -0.25) is 0 Å². The molecule has 1 aliphatic heterocycles. The molecule has 0 aromatic heterocycles. The summed E-state index contributed by atoms with van der Waals surface area (Å²) in [6.07, 6.45) is -6.03. The van der Waals surface area contributed by atoms with Crippen LogP contribution in [-0.4, -0.2) is 71.2 Å². The van der Waals surface area contributed by atoms with Crippen LogP contribution in [0, 0.1) is 0 Å². The van der Waals surface area contributed by atoms with Gasteiger partial charge in [0.05, 0.1) is 42.5 Å². The van der Waals surface area contributed by atoms with Crippen LogP contribution >= 0.6 is 0 Å². The van der Waals surface area contributed by atoms with Crippen molar-refractivity contribution >= 4 is 6.09 Å². The Morgan fingerprint density at radius 2 is 1.70 bits per heavy atom. The zero-order valence-corrected chi connectivity index (χ0v) is 20.0. The van der Waals surface area contributed by atoms with E-state index in [0.29, 0.717) is 12.8 Å². The molecule has 1 saturated heterocycles. The molecule has 2 aliphatic rings. The van der Waals surface area contributed by atoms with Gasteiger partial charge in [-0.1, -0.05) is 45.7 Å². The molecule has 1 aliphatic carbocycles. The fraction of sp³-hybridized carbons (Fsp3) is 0.667. The Labute approximate surface area is 211 Å². The molecule has 1 saturated carbocycles. The standard InChI is InChI=1S/C21H28N10O6/c1-11(25-21(34)35-10-12-5-3-2-4-6-12)16-8-7-13(26-29-22)20(36-16)37-19-15(28-31-24)9-14(27-30-23)17(32)18(19)33/h2-6,11,13-20,32-33H,7-10H2,1H3,(H,25,34)/t11-,13+,14-,15+,16+,17+,18-,19-,20-/m1/s1. The topological polar surface area (TPSA) is 244 Å². The third kappa shape index (κ3) is 7.38. The maximum absolute atomic E-state index is 12.3. The molecule has 1 aromatic rings. The number of hydrogen-bond acceptors (Lipinski definition) is 9. The first-order valence-corrected chi connectivity index (χ1v) is 11.6. The van der Waals surface area contributed by atoms with Crippen LogP contribution in [-0.2, 0) is 20.8 Å². The predicted molar refractivity (Wildman–Crippen MR) is 127 cm³/mol. The first-order valence-electron chi connectivity index (χ1n) is 11.6. The summed E-state index contributed by atoms with van der Waals surface area (Å²) in [5, 5.41) is 34.5. The number of nitrogens with one attached hydrogen (secondary N) is 1. The quantitative estimate of drug-likeness (QED) is 0.252. The van der Waals surface area contributed by atoms with Crippen LogP contribution in [0.1, 0.15) is 31.7 Å². The van der Waals surface area contributed by atoms with E-state index in [0.717, 1.165) is 5.56 Å². The van der Waals surface area contributed by atoms with Crippen molar-refractivity contribution in [2.45, 2.75) is 87.7 Å². The zero-order chi connectivity index (χ0) is 26.8. The number of hydrogen-bond donors (Lipinski definition) is 3. The Hall–Kier alpha value is -3.74. The number of aliphatic hydroxyl groups excluding tert-OH is 2. The lowest BCUT2D eigenvalue weighted by Crippen LogP contribution is -2.58. The first kappa shape index (κ1) is 27.8. The van der Waals surface area contributed by atoms with Crippen LogP contribution in [0.25, 0.3) is 31.3 Å². The van der Waals surface area contributed by atoms with E-state index in [9.17, 15) is 15.0 Å². The molecule has 9 atom stereocenters. The molecule has 3 rings (SSSR count). The molecule has 2 fully saturated rings. The third-order valence-corrected chi connectivity index (χ3v) is 6.32. The minimum atomic E-state index is -1.58. The second kappa shape index (κ2) is 13.5. The van der Waals surface area contributed by atoms with Gasteiger partial charge in [-0.25, -0.2) is 4.79 Å². The molecular formula is C21H28N10O6. The summed E-state index contributed by atoms with van der Waals surface area (Å²) >= 11 is 0. The molecule has 37 heavy (non-hydrogen) atoms. The number of ether oxygens (including phenoxy) is 3. The van der Waals surface area contributed by atoms with Gasteiger partial charge < -0.3 is 29.7 Å². The smallest absolute Gasteiger partial charge is 0.407 e. The van der Waals surface area contributed by atoms with Crippen LogP contribution in [0.15, 0.2) is 45.7 Å². The largest absolute Gasteiger partial charge is 0.445 e. The van der Waals surface area contributed by atoms with Gasteiger partial charge in [-0.2, -0.15) is 0 Å². The van der Waals surface area contributed by atoms with E-state index in [-0.39, 0.29) is 13.0 Å². The van der Waals surface area contributed by atoms with Crippen molar-refractivity contribution in [2.75, 3.05) is 0 Å². The van der Waals surface area contributed by atoms with Crippen LogP contribution in [0.5, 0.6) is 0 Å². The average Bonchev–Trinajstić information content (AvgIpc) is 2.90. The first-order chi connectivity index (χ1) is 17.9. The third-order valence-electron chi connectivity index (χ3n) is 6.32. The fourth-order valence-corrected chi connectivity index (χ4v) is 4.37. The Morgan fingerprint density at radius 3 is 2.38 bits per heavy atom.